The predicted octanol–water partition coefficient (Wildman–Crippen LogP) is 2.14. The molecule has 3 heteroatoms. The number of hydrogen-bond donors (Lipinski definition) is 0. The van der Waals surface area contributed by atoms with Gasteiger partial charge in [-0.3, -0.25) is 4.79 Å². The molecule has 0 spiro atoms. The summed E-state index contributed by atoms with van der Waals surface area (Å²) in [5.41, 5.74) is 2.01. The first kappa shape index (κ1) is 11.6. The van der Waals surface area contributed by atoms with Gasteiger partial charge in [0.05, 0.1) is 13.5 Å². The fraction of sp³-hybridized carbons (Fsp3) is 0.250. The summed E-state index contributed by atoms with van der Waals surface area (Å²) in [6, 6.07) is 7.64. The second-order valence-electron chi connectivity index (χ2n) is 3.02. The highest BCUT2D eigenvalue weighted by atomic mass is 35.5. The Hall–Kier alpha value is -1.46. The highest BCUT2D eigenvalue weighted by Gasteiger charge is 2.01. The van der Waals surface area contributed by atoms with Crippen molar-refractivity contribution in [2.24, 2.45) is 0 Å². The molecule has 1 aromatic carbocycles. The maximum Gasteiger partial charge on any atom is 0.309 e. The van der Waals surface area contributed by atoms with Gasteiger partial charge in [-0.1, -0.05) is 30.2 Å². The normalized spacial score (nSPS) is 8.93. The second kappa shape index (κ2) is 6.10. The van der Waals surface area contributed by atoms with Gasteiger partial charge in [-0.15, -0.1) is 0 Å². The van der Waals surface area contributed by atoms with Gasteiger partial charge in [0, 0.05) is 11.8 Å². The number of esters is 1. The van der Waals surface area contributed by atoms with Crippen molar-refractivity contribution < 1.29 is 9.53 Å². The van der Waals surface area contributed by atoms with Gasteiger partial charge in [-0.25, -0.2) is 0 Å². The Morgan fingerprint density at radius 2 is 1.93 bits per heavy atom. The molecule has 0 saturated carbocycles. The van der Waals surface area contributed by atoms with E-state index in [2.05, 4.69) is 16.0 Å². The van der Waals surface area contributed by atoms with Crippen molar-refractivity contribution in [3.05, 3.63) is 35.4 Å². The molecule has 78 valence electrons. The fourth-order valence-electron chi connectivity index (χ4n) is 1.15. The summed E-state index contributed by atoms with van der Waals surface area (Å²) >= 11 is 5.25. The van der Waals surface area contributed by atoms with Gasteiger partial charge in [-0.2, -0.15) is 0 Å². The van der Waals surface area contributed by atoms with Crippen LogP contribution < -0.4 is 0 Å². The molecule has 0 amide bonds. The molecule has 0 radical (unpaired) electrons. The van der Waals surface area contributed by atoms with Crippen LogP contribution in [0.5, 0.6) is 0 Å². The molecule has 1 rings (SSSR count). The second-order valence-corrected chi connectivity index (χ2v) is 3.21. The van der Waals surface area contributed by atoms with E-state index in [1.807, 2.05) is 24.3 Å². The van der Waals surface area contributed by atoms with Crippen molar-refractivity contribution in [3.63, 3.8) is 0 Å². The monoisotopic (exact) mass is 222 g/mol. The summed E-state index contributed by atoms with van der Waals surface area (Å²) in [4.78, 5) is 11.0. The third-order valence-electron chi connectivity index (χ3n) is 1.96. The van der Waals surface area contributed by atoms with E-state index in [9.17, 15) is 4.79 Å². The fourth-order valence-corrected chi connectivity index (χ4v) is 1.22. The first-order chi connectivity index (χ1) is 7.26. The molecule has 0 unspecified atom stereocenters. The zero-order valence-corrected chi connectivity index (χ0v) is 9.17. The Morgan fingerprint density at radius 3 is 2.47 bits per heavy atom. The number of hydrogen-bond acceptors (Lipinski definition) is 2. The zero-order chi connectivity index (χ0) is 11.1. The quantitative estimate of drug-likeness (QED) is 0.579. The third-order valence-corrected chi connectivity index (χ3v) is 2.09. The summed E-state index contributed by atoms with van der Waals surface area (Å²) in [7, 11) is 1.38. The number of carbonyl (C=O) groups is 1. The van der Waals surface area contributed by atoms with E-state index in [0.29, 0.717) is 12.8 Å². The molecule has 0 saturated heterocycles. The third kappa shape index (κ3) is 4.05. The maximum atomic E-state index is 11.0. The molecular formula is C12H11ClO2. The minimum Gasteiger partial charge on any atom is -0.469 e. The van der Waals surface area contributed by atoms with Crippen molar-refractivity contribution in [3.8, 4) is 11.3 Å². The van der Waals surface area contributed by atoms with Crippen LogP contribution in [-0.4, -0.2) is 13.1 Å². The molecule has 0 aliphatic heterocycles. The summed E-state index contributed by atoms with van der Waals surface area (Å²) in [5.74, 6) is 2.53. The lowest BCUT2D eigenvalue weighted by Gasteiger charge is -2.00. The Labute approximate surface area is 94.2 Å². The molecule has 0 bridgehead atoms. The van der Waals surface area contributed by atoms with E-state index in [1.54, 1.807) is 0 Å². The molecule has 0 aliphatic carbocycles. The van der Waals surface area contributed by atoms with Crippen molar-refractivity contribution in [1.29, 1.82) is 0 Å². The van der Waals surface area contributed by atoms with Gasteiger partial charge in [0.1, 0.15) is 0 Å². The van der Waals surface area contributed by atoms with E-state index in [-0.39, 0.29) is 5.97 Å². The molecule has 0 N–H and O–H groups in total. The topological polar surface area (TPSA) is 26.3 Å². The zero-order valence-electron chi connectivity index (χ0n) is 8.42. The number of rotatable bonds is 3. The highest BCUT2D eigenvalue weighted by molar-refractivity contribution is 6.30. The molecule has 0 heterocycles. The van der Waals surface area contributed by atoms with Crippen molar-refractivity contribution >= 4 is 17.6 Å². The van der Waals surface area contributed by atoms with Crippen molar-refractivity contribution in [2.45, 2.75) is 12.8 Å². The van der Waals surface area contributed by atoms with E-state index in [4.69, 9.17) is 11.6 Å². The van der Waals surface area contributed by atoms with Crippen LogP contribution in [0.15, 0.2) is 24.3 Å². The van der Waals surface area contributed by atoms with E-state index < -0.39 is 0 Å². The Balaban J connectivity index is 2.62. The Bertz CT molecular complexity index is 384. The number of ether oxygens (including phenoxy) is 1. The van der Waals surface area contributed by atoms with E-state index in [1.165, 1.54) is 7.11 Å². The maximum absolute atomic E-state index is 11.0. The number of carbonyl (C=O) groups excluding carboxylic acids is 1. The summed E-state index contributed by atoms with van der Waals surface area (Å²) in [5, 5.41) is 2.32. The molecular weight excluding hydrogens is 212 g/mol. The van der Waals surface area contributed by atoms with Crippen LogP contribution in [0.1, 0.15) is 11.1 Å². The molecule has 0 fully saturated rings. The van der Waals surface area contributed by atoms with Gasteiger partial charge in [-0.05, 0) is 22.7 Å². The number of methoxy groups -OCH3 is 1. The largest absolute Gasteiger partial charge is 0.469 e. The Kier molecular flexibility index (Phi) is 4.73. The lowest BCUT2D eigenvalue weighted by molar-refractivity contribution is -0.139. The van der Waals surface area contributed by atoms with Gasteiger partial charge in [0.25, 0.3) is 0 Å². The average Bonchev–Trinajstić information content (AvgIpc) is 2.28. The van der Waals surface area contributed by atoms with Crippen molar-refractivity contribution in [2.75, 3.05) is 7.11 Å². The average molecular weight is 223 g/mol. The van der Waals surface area contributed by atoms with Crippen LogP contribution in [0.4, 0.5) is 0 Å². The number of halogens is 1. The van der Waals surface area contributed by atoms with Gasteiger partial charge >= 0.3 is 5.97 Å². The summed E-state index contributed by atoms with van der Waals surface area (Å²) in [6.07, 6.45) is 0.931. The SMILES string of the molecule is COC(=O)Cc1ccc(CC#CCl)cc1. The van der Waals surface area contributed by atoms with Crippen LogP contribution in [0.25, 0.3) is 0 Å². The summed E-state index contributed by atoms with van der Waals surface area (Å²) in [6.45, 7) is 0. The molecule has 1 aromatic rings. The molecule has 15 heavy (non-hydrogen) atoms. The summed E-state index contributed by atoms with van der Waals surface area (Å²) < 4.78 is 4.57. The minimum atomic E-state index is -0.233. The van der Waals surface area contributed by atoms with Gasteiger partial charge < -0.3 is 4.74 Å². The first-order valence-corrected chi connectivity index (χ1v) is 4.87. The smallest absolute Gasteiger partial charge is 0.309 e. The highest BCUT2D eigenvalue weighted by Crippen LogP contribution is 2.06. The van der Waals surface area contributed by atoms with Crippen LogP contribution in [0.2, 0.25) is 0 Å². The standard InChI is InChI=1S/C12H11ClO2/c1-15-12(14)9-11-6-4-10(5-7-11)3-2-8-13/h4-7H,3,9H2,1H3. The van der Waals surface area contributed by atoms with E-state index in [0.717, 1.165) is 11.1 Å². The Morgan fingerprint density at radius 1 is 1.33 bits per heavy atom. The molecule has 0 atom stereocenters. The van der Waals surface area contributed by atoms with Crippen LogP contribution >= 0.6 is 11.6 Å². The van der Waals surface area contributed by atoms with Gasteiger partial charge in [0.2, 0.25) is 0 Å². The molecule has 0 aromatic heterocycles. The van der Waals surface area contributed by atoms with Crippen molar-refractivity contribution in [1.82, 2.24) is 0 Å². The minimum absolute atomic E-state index is 0.233. The van der Waals surface area contributed by atoms with E-state index >= 15 is 0 Å². The van der Waals surface area contributed by atoms with Crippen LogP contribution in [0, 0.1) is 11.3 Å². The molecule has 2 nitrogen and oxygen atoms in total. The predicted molar refractivity (Wildman–Crippen MR) is 59.5 cm³/mol. The van der Waals surface area contributed by atoms with Crippen LogP contribution in [-0.2, 0) is 22.4 Å². The molecule has 0 aliphatic rings. The van der Waals surface area contributed by atoms with Gasteiger partial charge in [0.15, 0.2) is 0 Å². The number of benzene rings is 1. The van der Waals surface area contributed by atoms with Crippen LogP contribution in [0.3, 0.4) is 0 Å². The first-order valence-electron chi connectivity index (χ1n) is 4.49. The lowest BCUT2D eigenvalue weighted by atomic mass is 10.1. The lowest BCUT2D eigenvalue weighted by Crippen LogP contribution is -2.04.